The second kappa shape index (κ2) is 3.24. The molecule has 0 heterocycles. The van der Waals surface area contributed by atoms with E-state index < -0.39 is 5.83 Å². The average Bonchev–Trinajstić information content (AvgIpc) is 1.69. The molecule has 0 unspecified atom stereocenters. The van der Waals surface area contributed by atoms with E-state index >= 15 is 0 Å². The van der Waals surface area contributed by atoms with Crippen molar-refractivity contribution in [3.05, 3.63) is 24.2 Å². The number of hydrogen-bond donors (Lipinski definition) is 0. The number of methoxy groups -OCH3 is 1. The largest absolute Gasteiger partial charge is 0.494 e. The smallest absolute Gasteiger partial charge is 0.157 e. The van der Waals surface area contributed by atoms with Crippen LogP contribution in [0.4, 0.5) is 4.39 Å². The van der Waals surface area contributed by atoms with Crippen molar-refractivity contribution in [2.45, 2.75) is 6.92 Å². The molecule has 0 atom stereocenters. The molecule has 0 fully saturated rings. The second-order valence-electron chi connectivity index (χ2n) is 1.26. The monoisotopic (exact) mass is 116 g/mol. The van der Waals surface area contributed by atoms with Gasteiger partial charge in [0.2, 0.25) is 0 Å². The lowest BCUT2D eigenvalue weighted by Gasteiger charge is -1.97. The van der Waals surface area contributed by atoms with Crippen LogP contribution in [-0.2, 0) is 4.74 Å². The lowest BCUT2D eigenvalue weighted by atomic mass is 10.4. The summed E-state index contributed by atoms with van der Waals surface area (Å²) in [6.45, 7) is 4.72. The molecule has 0 saturated heterocycles. The SMILES string of the molecule is C=C(F)/C(=C\C)OC. The van der Waals surface area contributed by atoms with Crippen LogP contribution in [-0.4, -0.2) is 7.11 Å². The molecule has 0 rings (SSSR count). The van der Waals surface area contributed by atoms with E-state index in [0.29, 0.717) is 0 Å². The summed E-state index contributed by atoms with van der Waals surface area (Å²) in [5.41, 5.74) is 0. The van der Waals surface area contributed by atoms with Crippen LogP contribution in [0, 0.1) is 0 Å². The summed E-state index contributed by atoms with van der Waals surface area (Å²) in [6.07, 6.45) is 1.52. The lowest BCUT2D eigenvalue weighted by molar-refractivity contribution is 0.283. The van der Waals surface area contributed by atoms with Gasteiger partial charge in [0.15, 0.2) is 5.83 Å². The first-order chi connectivity index (χ1) is 3.72. The maximum Gasteiger partial charge on any atom is 0.157 e. The van der Waals surface area contributed by atoms with E-state index in [-0.39, 0.29) is 5.76 Å². The van der Waals surface area contributed by atoms with Gasteiger partial charge in [0.25, 0.3) is 0 Å². The van der Waals surface area contributed by atoms with E-state index in [1.165, 1.54) is 13.2 Å². The summed E-state index contributed by atoms with van der Waals surface area (Å²) in [4.78, 5) is 0. The molecule has 0 saturated carbocycles. The molecule has 0 bridgehead atoms. The maximum absolute atomic E-state index is 12.0. The van der Waals surface area contributed by atoms with E-state index in [1.54, 1.807) is 6.92 Å². The minimum atomic E-state index is -0.532. The Morgan fingerprint density at radius 2 is 2.25 bits per heavy atom. The molecule has 8 heavy (non-hydrogen) atoms. The van der Waals surface area contributed by atoms with Crippen molar-refractivity contribution in [3.8, 4) is 0 Å². The van der Waals surface area contributed by atoms with E-state index in [4.69, 9.17) is 0 Å². The minimum absolute atomic E-state index is 0.199. The zero-order chi connectivity index (χ0) is 6.57. The predicted molar refractivity (Wildman–Crippen MR) is 31.0 cm³/mol. The fourth-order valence-corrected chi connectivity index (χ4v) is 0.385. The molecular formula is C6H9FO. The van der Waals surface area contributed by atoms with Gasteiger partial charge >= 0.3 is 0 Å². The van der Waals surface area contributed by atoms with Gasteiger partial charge in [0.1, 0.15) is 5.76 Å². The summed E-state index contributed by atoms with van der Waals surface area (Å²) in [6, 6.07) is 0. The van der Waals surface area contributed by atoms with Gasteiger partial charge in [-0.25, -0.2) is 4.39 Å². The first-order valence-corrected chi connectivity index (χ1v) is 2.27. The molecule has 46 valence electrons. The molecule has 0 aliphatic heterocycles. The van der Waals surface area contributed by atoms with Crippen LogP contribution in [0.2, 0.25) is 0 Å². The molecule has 0 radical (unpaired) electrons. The molecule has 0 aromatic carbocycles. The van der Waals surface area contributed by atoms with Gasteiger partial charge < -0.3 is 4.74 Å². The first kappa shape index (κ1) is 7.21. The molecule has 0 aromatic rings. The summed E-state index contributed by atoms with van der Waals surface area (Å²) >= 11 is 0. The topological polar surface area (TPSA) is 9.23 Å². The summed E-state index contributed by atoms with van der Waals surface area (Å²) < 4.78 is 16.5. The molecule has 0 spiro atoms. The molecule has 1 nitrogen and oxygen atoms in total. The van der Waals surface area contributed by atoms with Gasteiger partial charge in [-0.1, -0.05) is 6.58 Å². The lowest BCUT2D eigenvalue weighted by Crippen LogP contribution is -1.83. The van der Waals surface area contributed by atoms with Crippen molar-refractivity contribution < 1.29 is 9.13 Å². The third-order valence-electron chi connectivity index (χ3n) is 0.749. The second-order valence-corrected chi connectivity index (χ2v) is 1.26. The van der Waals surface area contributed by atoms with Crippen molar-refractivity contribution >= 4 is 0 Å². The highest BCUT2D eigenvalue weighted by molar-refractivity contribution is 5.14. The van der Waals surface area contributed by atoms with Crippen LogP contribution in [0.25, 0.3) is 0 Å². The number of allylic oxidation sites excluding steroid dienone is 2. The van der Waals surface area contributed by atoms with Crippen LogP contribution in [0.5, 0.6) is 0 Å². The van der Waals surface area contributed by atoms with Crippen molar-refractivity contribution in [1.82, 2.24) is 0 Å². The third-order valence-corrected chi connectivity index (χ3v) is 0.749. The van der Waals surface area contributed by atoms with Gasteiger partial charge in [0.05, 0.1) is 7.11 Å². The number of ether oxygens (including phenoxy) is 1. The van der Waals surface area contributed by atoms with Crippen LogP contribution in [0.15, 0.2) is 24.2 Å². The van der Waals surface area contributed by atoms with Gasteiger partial charge in [0, 0.05) is 0 Å². The first-order valence-electron chi connectivity index (χ1n) is 2.27. The molecule has 0 aliphatic rings. The van der Waals surface area contributed by atoms with Crippen LogP contribution >= 0.6 is 0 Å². The molecule has 0 amide bonds. The highest BCUT2D eigenvalue weighted by atomic mass is 19.1. The Labute approximate surface area is 48.5 Å². The van der Waals surface area contributed by atoms with E-state index in [2.05, 4.69) is 11.3 Å². The van der Waals surface area contributed by atoms with Crippen LogP contribution in [0.1, 0.15) is 6.92 Å². The highest BCUT2D eigenvalue weighted by Gasteiger charge is 1.95. The molecule has 2 heteroatoms. The van der Waals surface area contributed by atoms with Crippen molar-refractivity contribution in [2.75, 3.05) is 7.11 Å². The van der Waals surface area contributed by atoms with Crippen LogP contribution < -0.4 is 0 Å². The minimum Gasteiger partial charge on any atom is -0.494 e. The fraction of sp³-hybridized carbons (Fsp3) is 0.333. The number of halogens is 1. The van der Waals surface area contributed by atoms with E-state index in [9.17, 15) is 4.39 Å². The van der Waals surface area contributed by atoms with Crippen molar-refractivity contribution in [2.24, 2.45) is 0 Å². The molecule has 0 aromatic heterocycles. The highest BCUT2D eigenvalue weighted by Crippen LogP contribution is 2.07. The van der Waals surface area contributed by atoms with Gasteiger partial charge in [-0.05, 0) is 13.0 Å². The number of hydrogen-bond acceptors (Lipinski definition) is 1. The zero-order valence-electron chi connectivity index (χ0n) is 5.07. The Hall–Kier alpha value is -0.790. The maximum atomic E-state index is 12.0. The fourth-order valence-electron chi connectivity index (χ4n) is 0.385. The average molecular weight is 116 g/mol. The van der Waals surface area contributed by atoms with Gasteiger partial charge in [-0.3, -0.25) is 0 Å². The standard InChI is InChI=1S/C6H9FO/c1-4-6(8-3)5(2)7/h4H,2H2,1,3H3/b6-4+. The summed E-state index contributed by atoms with van der Waals surface area (Å²) in [5.74, 6) is -0.333. The zero-order valence-corrected chi connectivity index (χ0v) is 5.07. The van der Waals surface area contributed by atoms with Crippen LogP contribution in [0.3, 0.4) is 0 Å². The van der Waals surface area contributed by atoms with Crippen molar-refractivity contribution in [3.63, 3.8) is 0 Å². The molecule has 0 aliphatic carbocycles. The van der Waals surface area contributed by atoms with Gasteiger partial charge in [-0.15, -0.1) is 0 Å². The molecule has 0 N–H and O–H groups in total. The van der Waals surface area contributed by atoms with E-state index in [0.717, 1.165) is 0 Å². The normalized spacial score (nSPS) is 11.1. The quantitative estimate of drug-likeness (QED) is 0.396. The Morgan fingerprint density at radius 3 is 2.25 bits per heavy atom. The Kier molecular flexibility index (Phi) is 2.92. The van der Waals surface area contributed by atoms with Crippen molar-refractivity contribution in [1.29, 1.82) is 0 Å². The Balaban J connectivity index is 3.92. The molecular weight excluding hydrogens is 107 g/mol. The van der Waals surface area contributed by atoms with Gasteiger partial charge in [-0.2, -0.15) is 0 Å². The van der Waals surface area contributed by atoms with E-state index in [1.807, 2.05) is 0 Å². The summed E-state index contributed by atoms with van der Waals surface area (Å²) in [5, 5.41) is 0. The number of rotatable bonds is 2. The Morgan fingerprint density at radius 1 is 1.75 bits per heavy atom. The Bertz CT molecular complexity index is 116. The third kappa shape index (κ3) is 1.78. The predicted octanol–water partition coefficient (Wildman–Crippen LogP) is 2.02. The summed E-state index contributed by atoms with van der Waals surface area (Å²) in [7, 11) is 1.40.